The smallest absolute Gasteiger partial charge is 0.175 e. The molecule has 0 bridgehead atoms. The molecule has 1 aromatic heterocycles. The van der Waals surface area contributed by atoms with Gasteiger partial charge in [0.2, 0.25) is 0 Å². The minimum absolute atomic E-state index is 0.0518. The van der Waals surface area contributed by atoms with Crippen molar-refractivity contribution in [2.75, 3.05) is 7.11 Å². The van der Waals surface area contributed by atoms with Crippen LogP contribution in [0.4, 0.5) is 0 Å². The highest BCUT2D eigenvalue weighted by atomic mass is 35.5. The highest BCUT2D eigenvalue weighted by Crippen LogP contribution is 2.36. The highest BCUT2D eigenvalue weighted by molar-refractivity contribution is 6.30. The van der Waals surface area contributed by atoms with E-state index in [9.17, 15) is 4.79 Å². The van der Waals surface area contributed by atoms with Crippen molar-refractivity contribution in [3.05, 3.63) is 58.4 Å². The number of fused-ring (bicyclic) bond motifs is 1. The van der Waals surface area contributed by atoms with Crippen LogP contribution in [0.2, 0.25) is 5.02 Å². The maximum Gasteiger partial charge on any atom is 0.175 e. The Bertz CT molecular complexity index is 669. The summed E-state index contributed by atoms with van der Waals surface area (Å²) in [6.45, 7) is 0. The van der Waals surface area contributed by atoms with Gasteiger partial charge in [0.25, 0.3) is 0 Å². The Morgan fingerprint density at radius 1 is 1.40 bits per heavy atom. The first-order chi connectivity index (χ1) is 9.70. The van der Waals surface area contributed by atoms with Crippen LogP contribution in [-0.2, 0) is 6.42 Å². The Labute approximate surface area is 122 Å². The molecule has 0 saturated heterocycles. The number of ketones is 1. The molecule has 1 aromatic carbocycles. The van der Waals surface area contributed by atoms with Crippen LogP contribution in [0, 0.1) is 0 Å². The maximum absolute atomic E-state index is 12.7. The zero-order chi connectivity index (χ0) is 14.1. The van der Waals surface area contributed by atoms with Crippen LogP contribution in [0.3, 0.4) is 0 Å². The molecule has 1 heterocycles. The Morgan fingerprint density at radius 2 is 2.25 bits per heavy atom. The molecule has 3 nitrogen and oxygen atoms in total. The van der Waals surface area contributed by atoms with Crippen molar-refractivity contribution in [1.82, 2.24) is 4.98 Å². The standard InChI is InChI=1S/C16H14ClNO2/c1-20-14-9-11(17)5-7-12(14)16(19)13-6-4-10-3-2-8-18-15(10)13/h2-3,5,7-9,13H,4,6H2,1H3. The summed E-state index contributed by atoms with van der Waals surface area (Å²) in [5.41, 5.74) is 2.63. The van der Waals surface area contributed by atoms with Crippen LogP contribution >= 0.6 is 11.6 Å². The number of benzene rings is 1. The molecule has 1 atom stereocenters. The highest BCUT2D eigenvalue weighted by Gasteiger charge is 2.31. The van der Waals surface area contributed by atoms with Gasteiger partial charge in [-0.2, -0.15) is 0 Å². The van der Waals surface area contributed by atoms with Gasteiger partial charge in [-0.25, -0.2) is 0 Å². The topological polar surface area (TPSA) is 39.2 Å². The molecule has 3 rings (SSSR count). The SMILES string of the molecule is COc1cc(Cl)ccc1C(=O)C1CCc2cccnc21. The van der Waals surface area contributed by atoms with E-state index in [1.165, 1.54) is 5.56 Å². The van der Waals surface area contributed by atoms with Gasteiger partial charge in [-0.3, -0.25) is 9.78 Å². The number of aryl methyl sites for hydroxylation is 1. The van der Waals surface area contributed by atoms with Crippen molar-refractivity contribution in [1.29, 1.82) is 0 Å². The average Bonchev–Trinajstić information content (AvgIpc) is 2.90. The van der Waals surface area contributed by atoms with E-state index in [1.54, 1.807) is 31.5 Å². The summed E-state index contributed by atoms with van der Waals surface area (Å²) in [6, 6.07) is 9.06. The first kappa shape index (κ1) is 13.1. The summed E-state index contributed by atoms with van der Waals surface area (Å²) in [6.07, 6.45) is 3.44. The lowest BCUT2D eigenvalue weighted by Gasteiger charge is -2.13. The zero-order valence-electron chi connectivity index (χ0n) is 11.1. The van der Waals surface area contributed by atoms with Gasteiger partial charge < -0.3 is 4.74 Å². The number of carbonyl (C=O) groups is 1. The molecule has 0 N–H and O–H groups in total. The van der Waals surface area contributed by atoms with E-state index in [2.05, 4.69) is 4.98 Å². The molecule has 102 valence electrons. The summed E-state index contributed by atoms with van der Waals surface area (Å²) < 4.78 is 5.27. The second-order valence-electron chi connectivity index (χ2n) is 4.85. The molecule has 0 aliphatic heterocycles. The number of Topliss-reactive ketones (excluding diaryl/α,β-unsaturated/α-hetero) is 1. The fraction of sp³-hybridized carbons (Fsp3) is 0.250. The second-order valence-corrected chi connectivity index (χ2v) is 5.28. The molecule has 4 heteroatoms. The van der Waals surface area contributed by atoms with E-state index in [0.29, 0.717) is 16.3 Å². The molecule has 20 heavy (non-hydrogen) atoms. The summed E-state index contributed by atoms with van der Waals surface area (Å²) in [7, 11) is 1.54. The van der Waals surface area contributed by atoms with Crippen LogP contribution in [-0.4, -0.2) is 17.9 Å². The van der Waals surface area contributed by atoms with Gasteiger partial charge in [0.05, 0.1) is 24.3 Å². The predicted octanol–water partition coefficient (Wildman–Crippen LogP) is 3.66. The van der Waals surface area contributed by atoms with Gasteiger partial charge in [0, 0.05) is 11.2 Å². The van der Waals surface area contributed by atoms with E-state index in [-0.39, 0.29) is 11.7 Å². The number of hydrogen-bond donors (Lipinski definition) is 0. The van der Waals surface area contributed by atoms with Gasteiger partial charge in [-0.05, 0) is 42.7 Å². The lowest BCUT2D eigenvalue weighted by Crippen LogP contribution is -2.12. The Kier molecular flexibility index (Phi) is 3.45. The predicted molar refractivity (Wildman–Crippen MR) is 77.6 cm³/mol. The number of halogens is 1. The van der Waals surface area contributed by atoms with E-state index in [0.717, 1.165) is 18.5 Å². The number of carbonyl (C=O) groups excluding carboxylic acids is 1. The molecule has 0 spiro atoms. The van der Waals surface area contributed by atoms with Crippen LogP contribution in [0.25, 0.3) is 0 Å². The van der Waals surface area contributed by atoms with Gasteiger partial charge in [-0.1, -0.05) is 17.7 Å². The maximum atomic E-state index is 12.7. The molecular formula is C16H14ClNO2. The van der Waals surface area contributed by atoms with E-state index < -0.39 is 0 Å². The Hall–Kier alpha value is -1.87. The molecule has 1 unspecified atom stereocenters. The monoisotopic (exact) mass is 287 g/mol. The Morgan fingerprint density at radius 3 is 3.05 bits per heavy atom. The average molecular weight is 288 g/mol. The van der Waals surface area contributed by atoms with E-state index in [4.69, 9.17) is 16.3 Å². The minimum atomic E-state index is -0.179. The summed E-state index contributed by atoms with van der Waals surface area (Å²) in [5, 5.41) is 0.559. The lowest BCUT2D eigenvalue weighted by atomic mass is 9.94. The molecule has 0 amide bonds. The molecule has 2 aromatic rings. The molecule has 1 aliphatic carbocycles. The van der Waals surface area contributed by atoms with Crippen LogP contribution in [0.1, 0.15) is 34.0 Å². The number of rotatable bonds is 3. The van der Waals surface area contributed by atoms with Crippen molar-refractivity contribution in [3.63, 3.8) is 0 Å². The normalized spacial score (nSPS) is 16.8. The fourth-order valence-corrected chi connectivity index (χ4v) is 2.89. The first-order valence-electron chi connectivity index (χ1n) is 6.52. The first-order valence-corrected chi connectivity index (χ1v) is 6.90. The fourth-order valence-electron chi connectivity index (χ4n) is 2.72. The van der Waals surface area contributed by atoms with Gasteiger partial charge in [0.1, 0.15) is 5.75 Å². The van der Waals surface area contributed by atoms with Crippen molar-refractivity contribution in [2.45, 2.75) is 18.8 Å². The largest absolute Gasteiger partial charge is 0.496 e. The number of ether oxygens (including phenoxy) is 1. The Balaban J connectivity index is 1.99. The van der Waals surface area contributed by atoms with E-state index >= 15 is 0 Å². The van der Waals surface area contributed by atoms with Gasteiger partial charge in [0.15, 0.2) is 5.78 Å². The molecule has 0 radical (unpaired) electrons. The van der Waals surface area contributed by atoms with Crippen molar-refractivity contribution < 1.29 is 9.53 Å². The second kappa shape index (κ2) is 5.25. The third kappa shape index (κ3) is 2.18. The number of pyridine rings is 1. The molecule has 0 saturated carbocycles. The van der Waals surface area contributed by atoms with Crippen molar-refractivity contribution >= 4 is 17.4 Å². The quantitative estimate of drug-likeness (QED) is 0.809. The summed E-state index contributed by atoms with van der Waals surface area (Å²) in [4.78, 5) is 17.1. The third-order valence-corrected chi connectivity index (χ3v) is 3.94. The third-order valence-electron chi connectivity index (χ3n) is 3.70. The minimum Gasteiger partial charge on any atom is -0.496 e. The lowest BCUT2D eigenvalue weighted by molar-refractivity contribution is 0.0955. The number of methoxy groups -OCH3 is 1. The molecule has 0 fully saturated rings. The number of nitrogens with zero attached hydrogens (tertiary/aromatic N) is 1. The summed E-state index contributed by atoms with van der Waals surface area (Å²) >= 11 is 5.94. The molecule has 1 aliphatic rings. The molecular weight excluding hydrogens is 274 g/mol. The van der Waals surface area contributed by atoms with Crippen LogP contribution < -0.4 is 4.74 Å². The van der Waals surface area contributed by atoms with Gasteiger partial charge >= 0.3 is 0 Å². The van der Waals surface area contributed by atoms with Crippen molar-refractivity contribution in [3.8, 4) is 5.75 Å². The number of aromatic nitrogens is 1. The zero-order valence-corrected chi connectivity index (χ0v) is 11.9. The number of hydrogen-bond acceptors (Lipinski definition) is 3. The van der Waals surface area contributed by atoms with Crippen LogP contribution in [0.15, 0.2) is 36.5 Å². The van der Waals surface area contributed by atoms with Crippen LogP contribution in [0.5, 0.6) is 5.75 Å². The van der Waals surface area contributed by atoms with Gasteiger partial charge in [-0.15, -0.1) is 0 Å². The summed E-state index contributed by atoms with van der Waals surface area (Å²) in [5.74, 6) is 0.393. The van der Waals surface area contributed by atoms with Crippen molar-refractivity contribution in [2.24, 2.45) is 0 Å². The van der Waals surface area contributed by atoms with E-state index in [1.807, 2.05) is 12.1 Å².